The van der Waals surface area contributed by atoms with Gasteiger partial charge in [-0.2, -0.15) is 5.10 Å². The predicted octanol–water partition coefficient (Wildman–Crippen LogP) is 0.940. The van der Waals surface area contributed by atoms with E-state index in [1.54, 1.807) is 0 Å². The van der Waals surface area contributed by atoms with Gasteiger partial charge in [0, 0.05) is 26.1 Å². The molecule has 0 radical (unpaired) electrons. The number of aromatic amines is 1. The summed E-state index contributed by atoms with van der Waals surface area (Å²) in [6.45, 7) is 5.40. The zero-order valence-electron chi connectivity index (χ0n) is 14.2. The Balaban J connectivity index is 1.34. The molecule has 1 aromatic carbocycles. The number of H-pyrrole nitrogens is 1. The molecule has 1 saturated heterocycles. The van der Waals surface area contributed by atoms with Gasteiger partial charge in [-0.15, -0.1) is 0 Å². The van der Waals surface area contributed by atoms with Gasteiger partial charge in [-0.1, -0.05) is 13.0 Å². The van der Waals surface area contributed by atoms with Gasteiger partial charge in [-0.25, -0.2) is 4.98 Å². The van der Waals surface area contributed by atoms with Crippen LogP contribution in [0.5, 0.6) is 11.5 Å². The highest BCUT2D eigenvalue weighted by Gasteiger charge is 2.25. The Kier molecular flexibility index (Phi) is 4.27. The van der Waals surface area contributed by atoms with Gasteiger partial charge in [-0.05, 0) is 17.7 Å². The molecule has 8 nitrogen and oxygen atoms in total. The lowest BCUT2D eigenvalue weighted by molar-refractivity contribution is -0.136. The van der Waals surface area contributed by atoms with E-state index in [0.717, 1.165) is 41.7 Å². The highest BCUT2D eigenvalue weighted by atomic mass is 16.7. The average Bonchev–Trinajstić information content (AvgIpc) is 3.25. The number of fused-ring (bicyclic) bond motifs is 1. The van der Waals surface area contributed by atoms with Crippen molar-refractivity contribution in [1.29, 1.82) is 0 Å². The number of aryl methyl sites for hydroxylation is 1. The van der Waals surface area contributed by atoms with Gasteiger partial charge in [0.25, 0.3) is 0 Å². The summed E-state index contributed by atoms with van der Waals surface area (Å²) in [7, 11) is 0. The first-order valence-corrected chi connectivity index (χ1v) is 8.50. The van der Waals surface area contributed by atoms with Gasteiger partial charge in [0.15, 0.2) is 11.5 Å². The minimum atomic E-state index is 0.124. The minimum absolute atomic E-state index is 0.124. The second-order valence-electron chi connectivity index (χ2n) is 6.27. The second-order valence-corrected chi connectivity index (χ2v) is 6.27. The van der Waals surface area contributed by atoms with Crippen molar-refractivity contribution in [2.75, 3.05) is 26.4 Å². The number of amides is 1. The fourth-order valence-corrected chi connectivity index (χ4v) is 3.09. The average molecular weight is 343 g/mol. The summed E-state index contributed by atoms with van der Waals surface area (Å²) in [5.41, 5.74) is 1.05. The molecule has 132 valence electrons. The van der Waals surface area contributed by atoms with Crippen molar-refractivity contribution >= 4 is 5.91 Å². The molecule has 0 spiro atoms. The smallest absolute Gasteiger partial charge is 0.237 e. The van der Waals surface area contributed by atoms with Crippen molar-refractivity contribution in [3.8, 4) is 11.5 Å². The molecule has 0 bridgehead atoms. The molecule has 0 atom stereocenters. The standard InChI is InChI=1S/C17H21N5O3/c1-2-15-18-16(20-19-15)9-21-5-6-22(17(23)10-21)8-12-3-4-13-14(7-12)25-11-24-13/h3-4,7H,2,5-6,8-11H2,1H3,(H,18,19,20). The van der Waals surface area contributed by atoms with E-state index in [4.69, 9.17) is 9.47 Å². The van der Waals surface area contributed by atoms with Crippen LogP contribution in [-0.2, 0) is 24.3 Å². The van der Waals surface area contributed by atoms with Crippen LogP contribution in [0.4, 0.5) is 0 Å². The Labute approximate surface area is 145 Å². The van der Waals surface area contributed by atoms with Gasteiger partial charge in [0.05, 0.1) is 13.1 Å². The molecule has 4 rings (SSSR count). The summed E-state index contributed by atoms with van der Waals surface area (Å²) in [6.07, 6.45) is 0.804. The number of benzene rings is 1. The molecule has 0 saturated carbocycles. The van der Waals surface area contributed by atoms with Crippen LogP contribution in [0.3, 0.4) is 0 Å². The zero-order chi connectivity index (χ0) is 17.2. The van der Waals surface area contributed by atoms with Gasteiger partial charge in [0.2, 0.25) is 12.7 Å². The minimum Gasteiger partial charge on any atom is -0.454 e. The van der Waals surface area contributed by atoms with Crippen LogP contribution < -0.4 is 9.47 Å². The number of piperazine rings is 1. The summed E-state index contributed by atoms with van der Waals surface area (Å²) in [5.74, 6) is 3.26. The van der Waals surface area contributed by atoms with Crippen molar-refractivity contribution in [1.82, 2.24) is 25.0 Å². The number of nitrogens with one attached hydrogen (secondary N) is 1. The SMILES string of the molecule is CCc1n[nH]c(CN2CCN(Cc3ccc4c(c3)OCO4)C(=O)C2)n1. The highest BCUT2D eigenvalue weighted by molar-refractivity contribution is 5.79. The molecule has 1 aromatic heterocycles. The summed E-state index contributed by atoms with van der Waals surface area (Å²) < 4.78 is 10.7. The van der Waals surface area contributed by atoms with E-state index in [2.05, 4.69) is 20.1 Å². The third-order valence-electron chi connectivity index (χ3n) is 4.48. The maximum atomic E-state index is 12.5. The van der Waals surface area contributed by atoms with Crippen LogP contribution in [-0.4, -0.2) is 57.3 Å². The van der Waals surface area contributed by atoms with Gasteiger partial charge in [0.1, 0.15) is 11.6 Å². The van der Waals surface area contributed by atoms with Crippen molar-refractivity contribution in [3.05, 3.63) is 35.4 Å². The molecule has 0 aliphatic carbocycles. The molecule has 2 aliphatic heterocycles. The lowest BCUT2D eigenvalue weighted by Crippen LogP contribution is -2.49. The van der Waals surface area contributed by atoms with Gasteiger partial charge < -0.3 is 14.4 Å². The summed E-state index contributed by atoms with van der Waals surface area (Å²) in [5, 5.41) is 7.08. The molecular formula is C17H21N5O3. The number of rotatable bonds is 5. The van der Waals surface area contributed by atoms with E-state index in [1.807, 2.05) is 30.0 Å². The maximum absolute atomic E-state index is 12.5. The topological polar surface area (TPSA) is 83.6 Å². The van der Waals surface area contributed by atoms with Crippen molar-refractivity contribution in [2.24, 2.45) is 0 Å². The summed E-state index contributed by atoms with van der Waals surface area (Å²) in [4.78, 5) is 20.9. The van der Waals surface area contributed by atoms with E-state index in [1.165, 1.54) is 0 Å². The Morgan fingerprint density at radius 1 is 1.20 bits per heavy atom. The first-order valence-electron chi connectivity index (χ1n) is 8.50. The quantitative estimate of drug-likeness (QED) is 0.870. The molecule has 2 aromatic rings. The fourth-order valence-electron chi connectivity index (χ4n) is 3.09. The molecule has 8 heteroatoms. The van der Waals surface area contributed by atoms with Crippen LogP contribution in [0.15, 0.2) is 18.2 Å². The van der Waals surface area contributed by atoms with E-state index in [0.29, 0.717) is 26.2 Å². The number of nitrogens with zero attached hydrogens (tertiary/aromatic N) is 4. The molecule has 2 aliphatic rings. The molecule has 1 N–H and O–H groups in total. The first-order chi connectivity index (χ1) is 12.2. The van der Waals surface area contributed by atoms with Crippen LogP contribution >= 0.6 is 0 Å². The van der Waals surface area contributed by atoms with Crippen LogP contribution in [0, 0.1) is 0 Å². The first kappa shape index (κ1) is 15.9. The molecule has 1 fully saturated rings. The van der Waals surface area contributed by atoms with Crippen LogP contribution in [0.2, 0.25) is 0 Å². The number of aromatic nitrogens is 3. The van der Waals surface area contributed by atoms with Gasteiger partial charge in [-0.3, -0.25) is 14.8 Å². The number of hydrogen-bond donors (Lipinski definition) is 1. The lowest BCUT2D eigenvalue weighted by Gasteiger charge is -2.33. The van der Waals surface area contributed by atoms with E-state index in [-0.39, 0.29) is 12.7 Å². The summed E-state index contributed by atoms with van der Waals surface area (Å²) >= 11 is 0. The Morgan fingerprint density at radius 3 is 2.88 bits per heavy atom. The Bertz CT molecular complexity index is 775. The van der Waals surface area contributed by atoms with Crippen LogP contribution in [0.1, 0.15) is 24.1 Å². The highest BCUT2D eigenvalue weighted by Crippen LogP contribution is 2.32. The number of carbonyl (C=O) groups is 1. The Morgan fingerprint density at radius 2 is 2.08 bits per heavy atom. The summed E-state index contributed by atoms with van der Waals surface area (Å²) in [6, 6.07) is 5.82. The fraction of sp³-hybridized carbons (Fsp3) is 0.471. The van der Waals surface area contributed by atoms with E-state index < -0.39 is 0 Å². The van der Waals surface area contributed by atoms with E-state index >= 15 is 0 Å². The normalized spacial score (nSPS) is 17.3. The second kappa shape index (κ2) is 6.72. The lowest BCUT2D eigenvalue weighted by atomic mass is 10.1. The predicted molar refractivity (Wildman–Crippen MR) is 89.0 cm³/mol. The van der Waals surface area contributed by atoms with E-state index in [9.17, 15) is 4.79 Å². The third-order valence-corrected chi connectivity index (χ3v) is 4.48. The number of carbonyl (C=O) groups excluding carboxylic acids is 1. The molecule has 0 unspecified atom stereocenters. The zero-order valence-corrected chi connectivity index (χ0v) is 14.2. The Hall–Kier alpha value is -2.61. The van der Waals surface area contributed by atoms with Gasteiger partial charge >= 0.3 is 0 Å². The molecule has 25 heavy (non-hydrogen) atoms. The molecule has 3 heterocycles. The number of hydrogen-bond acceptors (Lipinski definition) is 6. The molecular weight excluding hydrogens is 322 g/mol. The molecule has 1 amide bonds. The van der Waals surface area contributed by atoms with Crippen molar-refractivity contribution in [2.45, 2.75) is 26.4 Å². The third kappa shape index (κ3) is 3.43. The largest absolute Gasteiger partial charge is 0.454 e. The maximum Gasteiger partial charge on any atom is 0.237 e. The number of ether oxygens (including phenoxy) is 2. The van der Waals surface area contributed by atoms with Crippen LogP contribution in [0.25, 0.3) is 0 Å². The monoisotopic (exact) mass is 343 g/mol. The van der Waals surface area contributed by atoms with Crippen molar-refractivity contribution in [3.63, 3.8) is 0 Å². The van der Waals surface area contributed by atoms with Crippen molar-refractivity contribution < 1.29 is 14.3 Å².